The van der Waals surface area contributed by atoms with Crippen molar-refractivity contribution >= 4 is 29.1 Å². The van der Waals surface area contributed by atoms with Crippen LogP contribution in [0.3, 0.4) is 0 Å². The molecule has 3 aliphatic rings. The third-order valence-electron chi connectivity index (χ3n) is 8.19. The number of rotatable bonds is 7. The van der Waals surface area contributed by atoms with E-state index in [9.17, 15) is 9.59 Å². The van der Waals surface area contributed by atoms with Crippen LogP contribution in [0.4, 0.5) is 5.82 Å². The van der Waals surface area contributed by atoms with E-state index >= 15 is 0 Å². The number of likely N-dealkylation sites (tertiary alicyclic amines) is 1. The smallest absolute Gasteiger partial charge is 0.228 e. The fraction of sp³-hybridized carbons (Fsp3) is 0.500. The normalized spacial score (nSPS) is 24.1. The van der Waals surface area contributed by atoms with E-state index in [4.69, 9.17) is 16.9 Å². The number of halogens is 1. The number of anilines is 1. The zero-order valence-electron chi connectivity index (χ0n) is 20.5. The molecule has 1 amide bonds. The molecule has 1 saturated carbocycles. The molecule has 3 fully saturated rings. The van der Waals surface area contributed by atoms with Gasteiger partial charge in [-0.3, -0.25) is 9.59 Å². The third-order valence-corrected chi connectivity index (χ3v) is 8.44. The van der Waals surface area contributed by atoms with Crippen molar-refractivity contribution in [1.82, 2.24) is 15.2 Å². The Labute approximate surface area is 217 Å². The number of ketones is 1. The molecule has 7 nitrogen and oxygen atoms in total. The van der Waals surface area contributed by atoms with Gasteiger partial charge in [0.05, 0.1) is 11.6 Å². The first kappa shape index (κ1) is 24.7. The second-order valence-electron chi connectivity index (χ2n) is 10.7. The average molecular weight is 506 g/mol. The molecule has 0 spiro atoms. The number of nitrogens with zero attached hydrogens (tertiary/aromatic N) is 3. The number of piperidine rings is 1. The van der Waals surface area contributed by atoms with Gasteiger partial charge < -0.3 is 15.5 Å². The van der Waals surface area contributed by atoms with Crippen molar-refractivity contribution in [3.63, 3.8) is 0 Å². The Morgan fingerprint density at radius 2 is 1.89 bits per heavy atom. The van der Waals surface area contributed by atoms with Crippen molar-refractivity contribution in [2.45, 2.75) is 44.6 Å². The van der Waals surface area contributed by atoms with Crippen molar-refractivity contribution in [3.05, 3.63) is 58.7 Å². The number of pyridine rings is 1. The maximum absolute atomic E-state index is 14.0. The summed E-state index contributed by atoms with van der Waals surface area (Å²) < 4.78 is 0. The highest BCUT2D eigenvalue weighted by atomic mass is 35.5. The molecule has 2 aromatic rings. The number of Topliss-reactive ketones (excluding diaryl/α,β-unsaturated/α-hetero) is 1. The molecule has 3 atom stereocenters. The van der Waals surface area contributed by atoms with E-state index in [1.54, 1.807) is 12.1 Å². The first-order chi connectivity index (χ1) is 17.4. The number of carbonyl (C=O) groups excluding carboxylic acids is 2. The van der Waals surface area contributed by atoms with Crippen LogP contribution in [0.25, 0.3) is 0 Å². The highest BCUT2D eigenvalue weighted by molar-refractivity contribution is 6.30. The molecule has 3 unspecified atom stereocenters. The van der Waals surface area contributed by atoms with Crippen LogP contribution >= 0.6 is 11.6 Å². The Morgan fingerprint density at radius 3 is 2.50 bits per heavy atom. The summed E-state index contributed by atoms with van der Waals surface area (Å²) in [7, 11) is 0. The molecule has 1 aliphatic carbocycles. The summed E-state index contributed by atoms with van der Waals surface area (Å²) in [5.74, 6) is 1.08. The molecule has 5 rings (SSSR count). The second-order valence-corrected chi connectivity index (χ2v) is 11.1. The topological polar surface area (TPSA) is 98.1 Å². The third kappa shape index (κ3) is 5.11. The summed E-state index contributed by atoms with van der Waals surface area (Å²) in [4.78, 5) is 33.2. The lowest BCUT2D eigenvalue weighted by Crippen LogP contribution is -2.48. The molecular weight excluding hydrogens is 474 g/mol. The van der Waals surface area contributed by atoms with Gasteiger partial charge in [-0.15, -0.1) is 0 Å². The highest BCUT2D eigenvalue weighted by Gasteiger charge is 2.48. The first-order valence-corrected chi connectivity index (χ1v) is 13.2. The van der Waals surface area contributed by atoms with Crippen molar-refractivity contribution in [3.8, 4) is 6.07 Å². The zero-order chi connectivity index (χ0) is 25.3. The van der Waals surface area contributed by atoms with Crippen LogP contribution in [0.1, 0.15) is 49.7 Å². The molecule has 1 aromatic heterocycles. The predicted octanol–water partition coefficient (Wildman–Crippen LogP) is 4.00. The van der Waals surface area contributed by atoms with Crippen LogP contribution in [-0.2, 0) is 9.59 Å². The SMILES string of the molecule is CC1(C(=O)N2CCC(C(=O)C(Nc3ccc(C#N)cn3)C3CNCC3c3ccc(Cl)cc3)CC2)CC1. The van der Waals surface area contributed by atoms with E-state index in [0.717, 1.165) is 24.9 Å². The molecule has 36 heavy (non-hydrogen) atoms. The van der Waals surface area contributed by atoms with E-state index in [-0.39, 0.29) is 34.9 Å². The monoisotopic (exact) mass is 505 g/mol. The molecule has 2 saturated heterocycles. The van der Waals surface area contributed by atoms with Crippen LogP contribution < -0.4 is 10.6 Å². The Kier molecular flexibility index (Phi) is 7.00. The van der Waals surface area contributed by atoms with Gasteiger partial charge >= 0.3 is 0 Å². The van der Waals surface area contributed by atoms with Gasteiger partial charge in [0.2, 0.25) is 5.91 Å². The van der Waals surface area contributed by atoms with Crippen molar-refractivity contribution in [2.75, 3.05) is 31.5 Å². The quantitative estimate of drug-likeness (QED) is 0.590. The standard InChI is InChI=1S/C28H32ClN5O2/c1-28(10-11-28)27(36)34-12-8-20(9-13-34)26(35)25(33-24-7-2-18(14-30)15-32-24)23-17-31-16-22(23)19-3-5-21(29)6-4-19/h2-7,15,20,22-23,25,31H,8-13,16-17H2,1H3,(H,32,33). The van der Waals surface area contributed by atoms with Gasteiger partial charge in [0.25, 0.3) is 0 Å². The zero-order valence-corrected chi connectivity index (χ0v) is 21.3. The molecule has 2 N–H and O–H groups in total. The Balaban J connectivity index is 1.35. The van der Waals surface area contributed by atoms with E-state index in [2.05, 4.69) is 21.7 Å². The van der Waals surface area contributed by atoms with Gasteiger partial charge in [-0.2, -0.15) is 5.26 Å². The Bertz CT molecular complexity index is 1150. The van der Waals surface area contributed by atoms with Gasteiger partial charge in [0.15, 0.2) is 5.78 Å². The minimum absolute atomic E-state index is 0.0288. The van der Waals surface area contributed by atoms with Gasteiger partial charge in [-0.25, -0.2) is 4.98 Å². The van der Waals surface area contributed by atoms with Crippen LogP contribution in [0, 0.1) is 28.6 Å². The largest absolute Gasteiger partial charge is 0.360 e. The lowest BCUT2D eigenvalue weighted by molar-refractivity contribution is -0.139. The molecule has 3 heterocycles. The van der Waals surface area contributed by atoms with Gasteiger partial charge in [0.1, 0.15) is 11.9 Å². The molecule has 0 bridgehead atoms. The molecule has 188 valence electrons. The summed E-state index contributed by atoms with van der Waals surface area (Å²) in [6.45, 7) is 4.81. The summed E-state index contributed by atoms with van der Waals surface area (Å²) in [5.41, 5.74) is 1.45. The summed E-state index contributed by atoms with van der Waals surface area (Å²) >= 11 is 6.13. The van der Waals surface area contributed by atoms with E-state index in [1.165, 1.54) is 6.20 Å². The lowest BCUT2D eigenvalue weighted by Gasteiger charge is -2.36. The van der Waals surface area contributed by atoms with Crippen molar-refractivity contribution in [1.29, 1.82) is 5.26 Å². The number of aromatic nitrogens is 1. The summed E-state index contributed by atoms with van der Waals surface area (Å²) in [5, 5.41) is 16.7. The van der Waals surface area contributed by atoms with Crippen LogP contribution in [0.5, 0.6) is 0 Å². The highest BCUT2D eigenvalue weighted by Crippen LogP contribution is 2.47. The number of nitrogens with one attached hydrogen (secondary N) is 2. The number of hydrogen-bond donors (Lipinski definition) is 2. The minimum Gasteiger partial charge on any atom is -0.360 e. The first-order valence-electron chi connectivity index (χ1n) is 12.8. The molecule has 1 aromatic carbocycles. The number of benzene rings is 1. The second kappa shape index (κ2) is 10.2. The number of nitriles is 1. The number of hydrogen-bond acceptors (Lipinski definition) is 6. The minimum atomic E-state index is -0.436. The fourth-order valence-electron chi connectivity index (χ4n) is 5.62. The van der Waals surface area contributed by atoms with Crippen molar-refractivity contribution < 1.29 is 9.59 Å². The van der Waals surface area contributed by atoms with Crippen LogP contribution in [0.2, 0.25) is 5.02 Å². The fourth-order valence-corrected chi connectivity index (χ4v) is 5.75. The Morgan fingerprint density at radius 1 is 1.17 bits per heavy atom. The van der Waals surface area contributed by atoms with Crippen LogP contribution in [-0.4, -0.2) is 53.8 Å². The lowest BCUT2D eigenvalue weighted by atomic mass is 9.78. The Hall–Kier alpha value is -2.95. The van der Waals surface area contributed by atoms with E-state index in [0.29, 0.717) is 48.9 Å². The van der Waals surface area contributed by atoms with E-state index < -0.39 is 6.04 Å². The maximum atomic E-state index is 14.0. The van der Waals surface area contributed by atoms with E-state index in [1.807, 2.05) is 36.1 Å². The maximum Gasteiger partial charge on any atom is 0.228 e. The van der Waals surface area contributed by atoms with Gasteiger partial charge in [0, 0.05) is 60.6 Å². The molecule has 2 aliphatic heterocycles. The van der Waals surface area contributed by atoms with Crippen LogP contribution in [0.15, 0.2) is 42.6 Å². The summed E-state index contributed by atoms with van der Waals surface area (Å²) in [6.07, 6.45) is 4.83. The number of amides is 1. The predicted molar refractivity (Wildman–Crippen MR) is 139 cm³/mol. The van der Waals surface area contributed by atoms with Gasteiger partial charge in [-0.1, -0.05) is 30.7 Å². The molecular formula is C28H32ClN5O2. The van der Waals surface area contributed by atoms with Crippen molar-refractivity contribution in [2.24, 2.45) is 17.3 Å². The average Bonchev–Trinajstić information content (AvgIpc) is 3.48. The summed E-state index contributed by atoms with van der Waals surface area (Å²) in [6, 6.07) is 13.0. The molecule has 8 heteroatoms. The van der Waals surface area contributed by atoms with Gasteiger partial charge in [-0.05, 0) is 55.5 Å². The molecule has 0 radical (unpaired) electrons. The number of carbonyl (C=O) groups is 2.